The summed E-state index contributed by atoms with van der Waals surface area (Å²) in [6, 6.07) is 15.4. The molecule has 1 nitrogen and oxygen atoms in total. The van der Waals surface area contributed by atoms with Crippen LogP contribution in [0.25, 0.3) is 16.6 Å². The molecule has 3 rings (SSSR count). The molecular weight excluding hydrogens is 213 g/mol. The van der Waals surface area contributed by atoms with Crippen molar-refractivity contribution in [2.75, 3.05) is 0 Å². The Labute approximate surface area is 99.1 Å². The predicted molar refractivity (Wildman–Crippen MR) is 68.0 cm³/mol. The predicted octanol–water partition coefficient (Wildman–Crippen LogP) is 4.08. The largest absolute Gasteiger partial charge is 0.316 e. The maximum atomic E-state index is 13.6. The lowest BCUT2D eigenvalue weighted by Gasteiger charge is -2.06. The van der Waals surface area contributed by atoms with E-state index < -0.39 is 0 Å². The zero-order valence-electron chi connectivity index (χ0n) is 9.52. The first-order chi connectivity index (χ1) is 8.25. The van der Waals surface area contributed by atoms with E-state index in [0.29, 0.717) is 5.56 Å². The van der Waals surface area contributed by atoms with Gasteiger partial charge in [-0.05, 0) is 42.1 Å². The number of halogens is 1. The second-order valence-electron chi connectivity index (χ2n) is 4.18. The summed E-state index contributed by atoms with van der Waals surface area (Å²) in [4.78, 5) is 0. The zero-order valence-corrected chi connectivity index (χ0v) is 9.52. The summed E-state index contributed by atoms with van der Waals surface area (Å²) in [5, 5.41) is 1.16. The highest BCUT2D eigenvalue weighted by atomic mass is 19.1. The van der Waals surface area contributed by atoms with E-state index in [4.69, 9.17) is 0 Å². The number of rotatable bonds is 1. The van der Waals surface area contributed by atoms with Gasteiger partial charge in [0.15, 0.2) is 0 Å². The van der Waals surface area contributed by atoms with E-state index in [2.05, 4.69) is 6.07 Å². The van der Waals surface area contributed by atoms with Crippen LogP contribution in [0.2, 0.25) is 0 Å². The normalized spacial score (nSPS) is 10.9. The highest BCUT2D eigenvalue weighted by Crippen LogP contribution is 2.21. The lowest BCUT2D eigenvalue weighted by atomic mass is 10.2. The first kappa shape index (κ1) is 10.1. The number of fused-ring (bicyclic) bond motifs is 1. The van der Waals surface area contributed by atoms with E-state index in [1.807, 2.05) is 41.1 Å². The number of hydrogen-bond acceptors (Lipinski definition) is 0. The lowest BCUT2D eigenvalue weighted by Crippen LogP contribution is -1.93. The SMILES string of the molecule is Cc1ccc(-n2ccc3ccccc32)cc1F. The molecule has 2 heteroatoms. The van der Waals surface area contributed by atoms with Gasteiger partial charge >= 0.3 is 0 Å². The van der Waals surface area contributed by atoms with Crippen LogP contribution < -0.4 is 0 Å². The van der Waals surface area contributed by atoms with Gasteiger partial charge in [-0.2, -0.15) is 0 Å². The smallest absolute Gasteiger partial charge is 0.128 e. The first-order valence-corrected chi connectivity index (χ1v) is 5.58. The fourth-order valence-corrected chi connectivity index (χ4v) is 2.04. The van der Waals surface area contributed by atoms with Crippen molar-refractivity contribution in [3.63, 3.8) is 0 Å². The molecule has 1 aromatic heterocycles. The molecule has 0 aliphatic heterocycles. The van der Waals surface area contributed by atoms with Gasteiger partial charge in [-0.3, -0.25) is 0 Å². The van der Waals surface area contributed by atoms with Gasteiger partial charge in [0.05, 0.1) is 5.52 Å². The van der Waals surface area contributed by atoms with Crippen LogP contribution >= 0.6 is 0 Å². The highest BCUT2D eigenvalue weighted by Gasteiger charge is 2.04. The Morgan fingerprint density at radius 1 is 1.00 bits per heavy atom. The van der Waals surface area contributed by atoms with E-state index in [0.717, 1.165) is 16.6 Å². The maximum Gasteiger partial charge on any atom is 0.128 e. The second-order valence-corrected chi connectivity index (χ2v) is 4.18. The summed E-state index contributed by atoms with van der Waals surface area (Å²) in [5.74, 6) is -0.166. The molecule has 1 heterocycles. The number of aryl methyl sites for hydroxylation is 1. The summed E-state index contributed by atoms with van der Waals surface area (Å²) in [6.07, 6.45) is 1.97. The monoisotopic (exact) mass is 225 g/mol. The van der Waals surface area contributed by atoms with Gasteiger partial charge in [-0.15, -0.1) is 0 Å². The number of benzene rings is 2. The fraction of sp³-hybridized carbons (Fsp3) is 0.0667. The third-order valence-corrected chi connectivity index (χ3v) is 3.03. The number of aromatic nitrogens is 1. The molecule has 0 fully saturated rings. The molecule has 0 radical (unpaired) electrons. The molecule has 0 saturated heterocycles. The fourth-order valence-electron chi connectivity index (χ4n) is 2.04. The van der Waals surface area contributed by atoms with Crippen LogP contribution in [-0.4, -0.2) is 4.57 Å². The number of para-hydroxylation sites is 1. The third kappa shape index (κ3) is 1.62. The van der Waals surface area contributed by atoms with Gasteiger partial charge in [0.25, 0.3) is 0 Å². The number of nitrogens with zero attached hydrogens (tertiary/aromatic N) is 1. The molecule has 17 heavy (non-hydrogen) atoms. The van der Waals surface area contributed by atoms with Gasteiger partial charge < -0.3 is 4.57 Å². The van der Waals surface area contributed by atoms with Crippen molar-refractivity contribution in [2.24, 2.45) is 0 Å². The van der Waals surface area contributed by atoms with Crippen LogP contribution in [-0.2, 0) is 0 Å². The van der Waals surface area contributed by atoms with E-state index in [-0.39, 0.29) is 5.82 Å². The Bertz CT molecular complexity index is 682. The molecule has 0 bridgehead atoms. The van der Waals surface area contributed by atoms with Crippen LogP contribution in [0.5, 0.6) is 0 Å². The molecule has 0 saturated carbocycles. The molecule has 0 amide bonds. The number of hydrogen-bond donors (Lipinski definition) is 0. The summed E-state index contributed by atoms with van der Waals surface area (Å²) >= 11 is 0. The second kappa shape index (κ2) is 3.74. The standard InChI is InChI=1S/C15H12FN/c1-11-6-7-13(10-14(11)16)17-9-8-12-4-2-3-5-15(12)17/h2-10H,1H3. The summed E-state index contributed by atoms with van der Waals surface area (Å²) < 4.78 is 15.6. The minimum Gasteiger partial charge on any atom is -0.316 e. The third-order valence-electron chi connectivity index (χ3n) is 3.03. The molecule has 0 atom stereocenters. The zero-order chi connectivity index (χ0) is 11.8. The van der Waals surface area contributed by atoms with Crippen LogP contribution in [0.15, 0.2) is 54.7 Å². The molecule has 0 N–H and O–H groups in total. The summed E-state index contributed by atoms with van der Waals surface area (Å²) in [7, 11) is 0. The van der Waals surface area contributed by atoms with E-state index in [1.54, 1.807) is 19.1 Å². The van der Waals surface area contributed by atoms with Gasteiger partial charge in [0.2, 0.25) is 0 Å². The minimum atomic E-state index is -0.166. The Balaban J connectivity index is 2.24. The summed E-state index contributed by atoms with van der Waals surface area (Å²) in [6.45, 7) is 1.77. The van der Waals surface area contributed by atoms with E-state index >= 15 is 0 Å². The van der Waals surface area contributed by atoms with Gasteiger partial charge in [-0.25, -0.2) is 4.39 Å². The molecule has 0 aliphatic carbocycles. The van der Waals surface area contributed by atoms with Crippen molar-refractivity contribution < 1.29 is 4.39 Å². The van der Waals surface area contributed by atoms with Crippen LogP contribution in [0.1, 0.15) is 5.56 Å². The molecule has 0 unspecified atom stereocenters. The molecule has 2 aromatic carbocycles. The average molecular weight is 225 g/mol. The van der Waals surface area contributed by atoms with Gasteiger partial charge in [0.1, 0.15) is 5.82 Å². The van der Waals surface area contributed by atoms with Crippen molar-refractivity contribution in [2.45, 2.75) is 6.92 Å². The van der Waals surface area contributed by atoms with Crippen molar-refractivity contribution >= 4 is 10.9 Å². The van der Waals surface area contributed by atoms with Crippen molar-refractivity contribution in [3.05, 3.63) is 66.1 Å². The van der Waals surface area contributed by atoms with Crippen molar-refractivity contribution in [3.8, 4) is 5.69 Å². The van der Waals surface area contributed by atoms with Crippen molar-refractivity contribution in [1.82, 2.24) is 4.57 Å². The molecule has 84 valence electrons. The Hall–Kier alpha value is -2.09. The van der Waals surface area contributed by atoms with Crippen LogP contribution in [0.4, 0.5) is 4.39 Å². The minimum absolute atomic E-state index is 0.166. The van der Waals surface area contributed by atoms with Gasteiger partial charge in [-0.1, -0.05) is 24.3 Å². The molecule has 0 spiro atoms. The van der Waals surface area contributed by atoms with E-state index in [9.17, 15) is 4.39 Å². The molecular formula is C15H12FN. The van der Waals surface area contributed by atoms with Crippen LogP contribution in [0, 0.1) is 12.7 Å². The molecule has 3 aromatic rings. The maximum absolute atomic E-state index is 13.6. The quantitative estimate of drug-likeness (QED) is 0.588. The first-order valence-electron chi connectivity index (χ1n) is 5.58. The average Bonchev–Trinajstić information content (AvgIpc) is 2.76. The van der Waals surface area contributed by atoms with Gasteiger partial charge in [0, 0.05) is 11.9 Å². The lowest BCUT2D eigenvalue weighted by molar-refractivity contribution is 0.617. The summed E-state index contributed by atoms with van der Waals surface area (Å²) in [5.41, 5.74) is 2.62. The Kier molecular flexibility index (Phi) is 2.22. The molecule has 0 aliphatic rings. The Morgan fingerprint density at radius 3 is 2.65 bits per heavy atom. The highest BCUT2D eigenvalue weighted by molar-refractivity contribution is 5.81. The Morgan fingerprint density at radius 2 is 1.82 bits per heavy atom. The topological polar surface area (TPSA) is 4.93 Å². The van der Waals surface area contributed by atoms with E-state index in [1.165, 1.54) is 0 Å². The van der Waals surface area contributed by atoms with Crippen molar-refractivity contribution in [1.29, 1.82) is 0 Å². The van der Waals surface area contributed by atoms with Crippen LogP contribution in [0.3, 0.4) is 0 Å².